The molecule has 5 aromatic rings. The van der Waals surface area contributed by atoms with E-state index in [-0.39, 0.29) is 11.6 Å². The van der Waals surface area contributed by atoms with Crippen LogP contribution in [0.25, 0.3) is 27.9 Å². The fourth-order valence-electron chi connectivity index (χ4n) is 3.52. The third-order valence-electron chi connectivity index (χ3n) is 5.22. The van der Waals surface area contributed by atoms with Crippen LogP contribution in [0.5, 0.6) is 0 Å². The van der Waals surface area contributed by atoms with Crippen LogP contribution in [0.1, 0.15) is 21.7 Å². The smallest absolute Gasteiger partial charge is 0.274 e. The number of hydrogen-bond donors (Lipinski definition) is 1. The molecule has 0 atom stereocenters. The molecule has 0 fully saturated rings. The van der Waals surface area contributed by atoms with Gasteiger partial charge >= 0.3 is 0 Å². The van der Waals surface area contributed by atoms with Crippen LogP contribution in [-0.2, 0) is 6.54 Å². The predicted molar refractivity (Wildman–Crippen MR) is 122 cm³/mol. The Morgan fingerprint density at radius 3 is 2.62 bits per heavy atom. The molecule has 2 heterocycles. The highest BCUT2D eigenvalue weighted by atomic mass is 35.5. The summed E-state index contributed by atoms with van der Waals surface area (Å²) in [6.45, 7) is 2.23. The maximum Gasteiger partial charge on any atom is 0.274 e. The maximum absolute atomic E-state index is 12.7. The lowest BCUT2D eigenvalue weighted by atomic mass is 10.1. The normalized spacial score (nSPS) is 11.1. The van der Waals surface area contributed by atoms with E-state index in [2.05, 4.69) is 20.8 Å². The molecule has 0 saturated carbocycles. The number of nitrogens with one attached hydrogen (secondary N) is 1. The number of fused-ring (bicyclic) bond motifs is 1. The first-order chi connectivity index (χ1) is 15.6. The summed E-state index contributed by atoms with van der Waals surface area (Å²) >= 11 is 6.00. The zero-order valence-electron chi connectivity index (χ0n) is 17.1. The van der Waals surface area contributed by atoms with Gasteiger partial charge in [0.15, 0.2) is 11.5 Å². The number of carbonyl (C=O) groups excluding carboxylic acids is 1. The standard InChI is InChI=1S/C24H18ClN5O2/c1-15-22(24(31)26-14-16-5-3-2-4-6-16)27-29-30(15)19-11-12-21-20(13-19)23(32-28-21)17-7-9-18(25)10-8-17/h2-13H,14H2,1H3,(H,26,31). The highest BCUT2D eigenvalue weighted by Gasteiger charge is 2.19. The van der Waals surface area contributed by atoms with Gasteiger partial charge in [0.25, 0.3) is 5.91 Å². The minimum atomic E-state index is -0.273. The van der Waals surface area contributed by atoms with Crippen LogP contribution in [0.2, 0.25) is 5.02 Å². The molecule has 158 valence electrons. The number of rotatable bonds is 5. The highest BCUT2D eigenvalue weighted by molar-refractivity contribution is 6.30. The molecule has 0 unspecified atom stereocenters. The Balaban J connectivity index is 1.44. The van der Waals surface area contributed by atoms with Gasteiger partial charge in [0.2, 0.25) is 0 Å². The van der Waals surface area contributed by atoms with Gasteiger partial charge in [0.05, 0.1) is 16.8 Å². The number of aromatic nitrogens is 4. The van der Waals surface area contributed by atoms with Crippen LogP contribution in [0.15, 0.2) is 77.3 Å². The molecular weight excluding hydrogens is 426 g/mol. The number of hydrogen-bond acceptors (Lipinski definition) is 5. The second-order valence-corrected chi connectivity index (χ2v) is 7.76. The van der Waals surface area contributed by atoms with Crippen LogP contribution in [0, 0.1) is 6.92 Å². The second-order valence-electron chi connectivity index (χ2n) is 7.32. The first kappa shape index (κ1) is 20.0. The number of halogens is 1. The van der Waals surface area contributed by atoms with Crippen molar-refractivity contribution in [2.75, 3.05) is 0 Å². The van der Waals surface area contributed by atoms with Crippen molar-refractivity contribution in [3.8, 4) is 17.0 Å². The topological polar surface area (TPSA) is 85.8 Å². The summed E-state index contributed by atoms with van der Waals surface area (Å²) in [5.41, 5.74) is 4.27. The zero-order chi connectivity index (χ0) is 22.1. The molecule has 3 aromatic carbocycles. The molecule has 0 aliphatic carbocycles. The maximum atomic E-state index is 12.7. The Bertz CT molecular complexity index is 1410. The Labute approximate surface area is 188 Å². The minimum absolute atomic E-state index is 0.273. The van der Waals surface area contributed by atoms with E-state index in [1.165, 1.54) is 0 Å². The fourth-order valence-corrected chi connectivity index (χ4v) is 3.64. The molecular formula is C24H18ClN5O2. The second kappa shape index (κ2) is 8.28. The third kappa shape index (κ3) is 3.74. The number of nitrogens with zero attached hydrogens (tertiary/aromatic N) is 4. The van der Waals surface area contributed by atoms with Crippen molar-refractivity contribution >= 4 is 28.4 Å². The molecule has 2 aromatic heterocycles. The molecule has 0 bridgehead atoms. The molecule has 0 aliphatic heterocycles. The summed E-state index contributed by atoms with van der Waals surface area (Å²) in [7, 11) is 0. The van der Waals surface area contributed by atoms with Crippen molar-refractivity contribution in [2.24, 2.45) is 0 Å². The van der Waals surface area contributed by atoms with E-state index in [4.69, 9.17) is 16.1 Å². The lowest BCUT2D eigenvalue weighted by Crippen LogP contribution is -2.24. The zero-order valence-corrected chi connectivity index (χ0v) is 17.9. The summed E-state index contributed by atoms with van der Waals surface area (Å²) in [6.07, 6.45) is 0. The lowest BCUT2D eigenvalue weighted by Gasteiger charge is -2.06. The van der Waals surface area contributed by atoms with Crippen molar-refractivity contribution in [2.45, 2.75) is 13.5 Å². The van der Waals surface area contributed by atoms with Crippen molar-refractivity contribution in [1.29, 1.82) is 0 Å². The van der Waals surface area contributed by atoms with Crippen LogP contribution < -0.4 is 5.32 Å². The summed E-state index contributed by atoms with van der Waals surface area (Å²) in [4.78, 5) is 12.7. The van der Waals surface area contributed by atoms with E-state index >= 15 is 0 Å². The first-order valence-electron chi connectivity index (χ1n) is 10.0. The Morgan fingerprint density at radius 1 is 1.06 bits per heavy atom. The highest BCUT2D eigenvalue weighted by Crippen LogP contribution is 2.31. The molecule has 32 heavy (non-hydrogen) atoms. The third-order valence-corrected chi connectivity index (χ3v) is 5.47. The van der Waals surface area contributed by atoms with Crippen LogP contribution in [0.4, 0.5) is 0 Å². The number of carbonyl (C=O) groups is 1. The molecule has 5 rings (SSSR count). The van der Waals surface area contributed by atoms with Gasteiger partial charge in [-0.15, -0.1) is 5.10 Å². The molecule has 1 N–H and O–H groups in total. The first-order valence-corrected chi connectivity index (χ1v) is 10.4. The van der Waals surface area contributed by atoms with E-state index < -0.39 is 0 Å². The Morgan fingerprint density at radius 2 is 1.84 bits per heavy atom. The predicted octanol–water partition coefficient (Wildman–Crippen LogP) is 4.97. The van der Waals surface area contributed by atoms with Gasteiger partial charge in [-0.3, -0.25) is 4.79 Å². The molecule has 7 nitrogen and oxygen atoms in total. The van der Waals surface area contributed by atoms with E-state index in [9.17, 15) is 4.79 Å². The Kier molecular flexibility index (Phi) is 5.17. The average Bonchev–Trinajstić information content (AvgIpc) is 3.42. The van der Waals surface area contributed by atoms with E-state index in [1.54, 1.807) is 16.8 Å². The van der Waals surface area contributed by atoms with Gasteiger partial charge in [-0.1, -0.05) is 52.3 Å². The van der Waals surface area contributed by atoms with Crippen molar-refractivity contribution in [3.05, 3.63) is 94.8 Å². The lowest BCUT2D eigenvalue weighted by molar-refractivity contribution is 0.0945. The molecule has 0 spiro atoms. The van der Waals surface area contributed by atoms with Gasteiger partial charge in [-0.05, 0) is 55.0 Å². The van der Waals surface area contributed by atoms with Gasteiger partial charge < -0.3 is 9.84 Å². The summed E-state index contributed by atoms with van der Waals surface area (Å²) in [5.74, 6) is 0.364. The van der Waals surface area contributed by atoms with E-state index in [1.807, 2.05) is 67.6 Å². The van der Waals surface area contributed by atoms with Gasteiger partial charge in [0.1, 0.15) is 5.52 Å². The quantitative estimate of drug-likeness (QED) is 0.414. The van der Waals surface area contributed by atoms with Crippen molar-refractivity contribution < 1.29 is 9.32 Å². The van der Waals surface area contributed by atoms with Crippen LogP contribution in [-0.4, -0.2) is 26.1 Å². The molecule has 8 heteroatoms. The van der Waals surface area contributed by atoms with Crippen LogP contribution in [0.3, 0.4) is 0 Å². The van der Waals surface area contributed by atoms with E-state index in [0.717, 1.165) is 27.7 Å². The minimum Gasteiger partial charge on any atom is -0.355 e. The molecule has 0 aliphatic rings. The Hall–Kier alpha value is -3.97. The monoisotopic (exact) mass is 443 g/mol. The van der Waals surface area contributed by atoms with Gasteiger partial charge in [0, 0.05) is 17.1 Å². The average molecular weight is 444 g/mol. The summed E-state index contributed by atoms with van der Waals surface area (Å²) in [5, 5.41) is 16.8. The molecule has 0 saturated heterocycles. The summed E-state index contributed by atoms with van der Waals surface area (Å²) < 4.78 is 7.21. The largest absolute Gasteiger partial charge is 0.355 e. The molecule has 1 amide bonds. The van der Waals surface area contributed by atoms with Crippen molar-refractivity contribution in [3.63, 3.8) is 0 Å². The van der Waals surface area contributed by atoms with Gasteiger partial charge in [-0.2, -0.15) is 0 Å². The molecule has 0 radical (unpaired) electrons. The number of benzene rings is 3. The van der Waals surface area contributed by atoms with Gasteiger partial charge in [-0.25, -0.2) is 4.68 Å². The SMILES string of the molecule is Cc1c(C(=O)NCc2ccccc2)nnn1-c1ccc2noc(-c3ccc(Cl)cc3)c2c1. The van der Waals surface area contributed by atoms with Crippen molar-refractivity contribution in [1.82, 2.24) is 25.5 Å². The number of amides is 1. The summed E-state index contributed by atoms with van der Waals surface area (Å²) in [6, 6.07) is 22.7. The van der Waals surface area contributed by atoms with E-state index in [0.29, 0.717) is 23.0 Å². The fraction of sp³-hybridized carbons (Fsp3) is 0.0833. The van der Waals surface area contributed by atoms with Crippen LogP contribution >= 0.6 is 11.6 Å².